The van der Waals surface area contributed by atoms with E-state index in [1.807, 2.05) is 30.3 Å². The molecule has 2 aromatic rings. The maximum Gasteiger partial charge on any atom is 0.252 e. The molecule has 1 aromatic heterocycles. The molecule has 1 amide bonds. The van der Waals surface area contributed by atoms with Crippen LogP contribution in [0.1, 0.15) is 6.42 Å². The fourth-order valence-corrected chi connectivity index (χ4v) is 2.47. The van der Waals surface area contributed by atoms with Crippen molar-refractivity contribution in [3.63, 3.8) is 0 Å². The number of nitrogens with one attached hydrogen (secondary N) is 1. The highest BCUT2D eigenvalue weighted by atomic mass is 35.5. The van der Waals surface area contributed by atoms with Gasteiger partial charge in [0.2, 0.25) is 11.9 Å². The molecule has 1 saturated heterocycles. The number of aromatic nitrogens is 2. The Labute approximate surface area is 120 Å². The summed E-state index contributed by atoms with van der Waals surface area (Å²) < 4.78 is 0. The largest absolute Gasteiger partial charge is 0.292 e. The minimum Gasteiger partial charge on any atom is -0.292 e. The summed E-state index contributed by atoms with van der Waals surface area (Å²) in [5.41, 5.74) is 1.07. The van der Waals surface area contributed by atoms with E-state index in [-0.39, 0.29) is 29.2 Å². The van der Waals surface area contributed by atoms with Crippen molar-refractivity contribution in [2.24, 2.45) is 0 Å². The van der Waals surface area contributed by atoms with Crippen molar-refractivity contribution in [2.45, 2.75) is 11.8 Å². The summed E-state index contributed by atoms with van der Waals surface area (Å²) >= 11 is 5.97. The Morgan fingerprint density at radius 2 is 2.00 bits per heavy atom. The second-order valence-electron chi connectivity index (χ2n) is 4.63. The van der Waals surface area contributed by atoms with Gasteiger partial charge in [-0.3, -0.25) is 19.5 Å². The van der Waals surface area contributed by atoms with Crippen molar-refractivity contribution >= 4 is 23.5 Å². The molecule has 5 nitrogen and oxygen atoms in total. The van der Waals surface area contributed by atoms with Gasteiger partial charge in [-0.1, -0.05) is 30.3 Å². The van der Waals surface area contributed by atoms with E-state index in [1.54, 1.807) is 0 Å². The van der Waals surface area contributed by atoms with Crippen LogP contribution >= 0.6 is 11.6 Å². The summed E-state index contributed by atoms with van der Waals surface area (Å²) in [4.78, 5) is 32.0. The number of hydrogen-bond acceptors (Lipinski definition) is 3. The zero-order chi connectivity index (χ0) is 14.1. The molecule has 1 unspecified atom stereocenters. The van der Waals surface area contributed by atoms with Crippen LogP contribution in [0.15, 0.2) is 41.2 Å². The summed E-state index contributed by atoms with van der Waals surface area (Å²) in [6, 6.07) is 10.8. The zero-order valence-corrected chi connectivity index (χ0v) is 11.3. The van der Waals surface area contributed by atoms with Gasteiger partial charge < -0.3 is 0 Å². The molecule has 0 spiro atoms. The SMILES string of the molecule is O=C1CC(Cl)CN1c1nc(-c2ccccc2)cc(=O)[nH]1. The zero-order valence-electron chi connectivity index (χ0n) is 10.5. The Kier molecular flexibility index (Phi) is 3.28. The van der Waals surface area contributed by atoms with Crippen LogP contribution in [0.4, 0.5) is 5.95 Å². The third-order valence-electron chi connectivity index (χ3n) is 3.13. The second kappa shape index (κ2) is 5.09. The molecule has 1 aliphatic heterocycles. The molecule has 2 heterocycles. The summed E-state index contributed by atoms with van der Waals surface area (Å²) in [5.74, 6) is 0.128. The molecule has 102 valence electrons. The molecule has 1 fully saturated rings. The third-order valence-corrected chi connectivity index (χ3v) is 3.42. The van der Waals surface area contributed by atoms with E-state index in [9.17, 15) is 9.59 Å². The molecule has 3 rings (SSSR count). The van der Waals surface area contributed by atoms with E-state index in [1.165, 1.54) is 11.0 Å². The Morgan fingerprint density at radius 3 is 2.65 bits per heavy atom. The van der Waals surface area contributed by atoms with Crippen LogP contribution in [0, 0.1) is 0 Å². The van der Waals surface area contributed by atoms with Crippen molar-refractivity contribution in [1.29, 1.82) is 0 Å². The quantitative estimate of drug-likeness (QED) is 0.857. The maximum absolute atomic E-state index is 11.8. The van der Waals surface area contributed by atoms with Gasteiger partial charge >= 0.3 is 0 Å². The molecule has 1 aliphatic rings. The van der Waals surface area contributed by atoms with Crippen molar-refractivity contribution in [3.8, 4) is 11.3 Å². The lowest BCUT2D eigenvalue weighted by atomic mass is 10.1. The number of anilines is 1. The first kappa shape index (κ1) is 12.9. The van der Waals surface area contributed by atoms with Crippen LogP contribution < -0.4 is 10.5 Å². The lowest BCUT2D eigenvalue weighted by molar-refractivity contribution is -0.117. The molecule has 0 bridgehead atoms. The number of nitrogens with zero attached hydrogens (tertiary/aromatic N) is 2. The van der Waals surface area contributed by atoms with E-state index < -0.39 is 0 Å². The van der Waals surface area contributed by atoms with Crippen LogP contribution in [-0.4, -0.2) is 27.8 Å². The van der Waals surface area contributed by atoms with Gasteiger partial charge in [0.25, 0.3) is 5.56 Å². The summed E-state index contributed by atoms with van der Waals surface area (Å²) in [5, 5.41) is -0.242. The second-order valence-corrected chi connectivity index (χ2v) is 5.24. The van der Waals surface area contributed by atoms with Crippen molar-refractivity contribution in [2.75, 3.05) is 11.4 Å². The fraction of sp³-hybridized carbons (Fsp3) is 0.214. The highest BCUT2D eigenvalue weighted by Crippen LogP contribution is 2.22. The topological polar surface area (TPSA) is 66.1 Å². The first-order valence-corrected chi connectivity index (χ1v) is 6.68. The van der Waals surface area contributed by atoms with Crippen LogP contribution in [-0.2, 0) is 4.79 Å². The summed E-state index contributed by atoms with van der Waals surface area (Å²) in [7, 11) is 0. The normalized spacial score (nSPS) is 18.6. The van der Waals surface area contributed by atoms with Gasteiger partial charge in [0.15, 0.2) is 0 Å². The molecule has 0 radical (unpaired) electrons. The van der Waals surface area contributed by atoms with Crippen LogP contribution in [0.5, 0.6) is 0 Å². The van der Waals surface area contributed by atoms with Crippen molar-refractivity contribution in [1.82, 2.24) is 9.97 Å². The predicted octanol–water partition coefficient (Wildman–Crippen LogP) is 1.78. The Morgan fingerprint density at radius 1 is 1.25 bits per heavy atom. The maximum atomic E-state index is 11.8. The first-order valence-electron chi connectivity index (χ1n) is 6.25. The lowest BCUT2D eigenvalue weighted by Crippen LogP contribution is -2.29. The molecule has 0 aliphatic carbocycles. The van der Waals surface area contributed by atoms with Gasteiger partial charge in [0.1, 0.15) is 0 Å². The standard InChI is InChI=1S/C14H12ClN3O2/c15-10-6-13(20)18(8-10)14-16-11(7-12(19)17-14)9-4-2-1-3-5-9/h1-5,7,10H,6,8H2,(H,16,17,19). The number of H-pyrrole nitrogens is 1. The Hall–Kier alpha value is -2.14. The molecular weight excluding hydrogens is 278 g/mol. The molecule has 1 N–H and O–H groups in total. The van der Waals surface area contributed by atoms with Gasteiger partial charge in [0, 0.05) is 24.6 Å². The lowest BCUT2D eigenvalue weighted by Gasteiger charge is -2.14. The highest BCUT2D eigenvalue weighted by Gasteiger charge is 2.30. The van der Waals surface area contributed by atoms with Crippen LogP contribution in [0.2, 0.25) is 0 Å². The Balaban J connectivity index is 2.04. The fourth-order valence-electron chi connectivity index (χ4n) is 2.20. The smallest absolute Gasteiger partial charge is 0.252 e. The summed E-state index contributed by atoms with van der Waals surface area (Å²) in [6.45, 7) is 0.363. The summed E-state index contributed by atoms with van der Waals surface area (Å²) in [6.07, 6.45) is 0.265. The highest BCUT2D eigenvalue weighted by molar-refractivity contribution is 6.24. The molecule has 6 heteroatoms. The number of carbonyl (C=O) groups is 1. The molecule has 1 aromatic carbocycles. The van der Waals surface area contributed by atoms with Gasteiger partial charge in [-0.15, -0.1) is 11.6 Å². The third kappa shape index (κ3) is 2.44. The number of amides is 1. The van der Waals surface area contributed by atoms with Crippen molar-refractivity contribution < 1.29 is 4.79 Å². The first-order chi connectivity index (χ1) is 9.63. The van der Waals surface area contributed by atoms with E-state index in [0.717, 1.165) is 5.56 Å². The monoisotopic (exact) mass is 289 g/mol. The number of benzene rings is 1. The molecule has 1 atom stereocenters. The van der Waals surface area contributed by atoms with Crippen LogP contribution in [0.3, 0.4) is 0 Å². The van der Waals surface area contributed by atoms with E-state index in [0.29, 0.717) is 12.2 Å². The van der Waals surface area contributed by atoms with Gasteiger partial charge in [-0.2, -0.15) is 0 Å². The number of carbonyl (C=O) groups excluding carboxylic acids is 1. The van der Waals surface area contributed by atoms with Gasteiger partial charge in [-0.05, 0) is 0 Å². The van der Waals surface area contributed by atoms with Crippen LogP contribution in [0.25, 0.3) is 11.3 Å². The van der Waals surface area contributed by atoms with E-state index >= 15 is 0 Å². The number of rotatable bonds is 2. The van der Waals surface area contributed by atoms with Gasteiger partial charge in [-0.25, -0.2) is 4.98 Å². The van der Waals surface area contributed by atoms with E-state index in [2.05, 4.69) is 9.97 Å². The van der Waals surface area contributed by atoms with Gasteiger partial charge in [0.05, 0.1) is 11.1 Å². The molecule has 0 saturated carbocycles. The molecule has 20 heavy (non-hydrogen) atoms. The minimum absolute atomic E-state index is 0.127. The van der Waals surface area contributed by atoms with E-state index in [4.69, 9.17) is 11.6 Å². The average molecular weight is 290 g/mol. The number of aromatic amines is 1. The minimum atomic E-state index is -0.292. The number of hydrogen-bond donors (Lipinski definition) is 1. The van der Waals surface area contributed by atoms with Crippen molar-refractivity contribution in [3.05, 3.63) is 46.8 Å². The number of alkyl halides is 1. The Bertz CT molecular complexity index is 699. The predicted molar refractivity (Wildman–Crippen MR) is 76.9 cm³/mol. The molecular formula is C14H12ClN3O2. The average Bonchev–Trinajstić information content (AvgIpc) is 2.78. The number of halogens is 1.